The second-order valence-corrected chi connectivity index (χ2v) is 8.11. The number of nitrogens with zero attached hydrogens (tertiary/aromatic N) is 2. The van der Waals surface area contributed by atoms with Gasteiger partial charge < -0.3 is 10.1 Å². The number of thioether (sulfide) groups is 1. The Labute approximate surface area is 174 Å². The van der Waals surface area contributed by atoms with Gasteiger partial charge in [0, 0.05) is 6.42 Å². The molecule has 1 aliphatic rings. The molecule has 6 nitrogen and oxygen atoms in total. The smallest absolute Gasteiger partial charge is 0.234 e. The number of carbonyl (C=O) groups is 1. The lowest BCUT2D eigenvalue weighted by Crippen LogP contribution is -2.14. The van der Waals surface area contributed by atoms with Crippen molar-refractivity contribution in [2.75, 3.05) is 11.1 Å². The number of aromatic nitrogens is 3. The van der Waals surface area contributed by atoms with E-state index in [0.29, 0.717) is 22.5 Å². The molecule has 0 aliphatic heterocycles. The quantitative estimate of drug-likeness (QED) is 0.509. The van der Waals surface area contributed by atoms with E-state index in [9.17, 15) is 4.79 Å². The number of benzene rings is 2. The minimum Gasteiger partial charge on any atom is -0.455 e. The number of H-pyrrole nitrogens is 1. The van der Waals surface area contributed by atoms with Crippen molar-refractivity contribution in [1.29, 1.82) is 0 Å². The minimum absolute atomic E-state index is 0.124. The second-order valence-electron chi connectivity index (χ2n) is 7.17. The predicted molar refractivity (Wildman–Crippen MR) is 114 cm³/mol. The zero-order valence-electron chi connectivity index (χ0n) is 16.1. The SMILES string of the molecule is O=C(CSc1n[nH]c(CC2CCCC2)n1)Nc1ccccc1Oc1ccccc1. The van der Waals surface area contributed by atoms with Crippen LogP contribution in [0.5, 0.6) is 11.5 Å². The summed E-state index contributed by atoms with van der Waals surface area (Å²) < 4.78 is 5.89. The molecular formula is C22H24N4O2S. The highest BCUT2D eigenvalue weighted by atomic mass is 32.2. The Morgan fingerprint density at radius 2 is 1.86 bits per heavy atom. The van der Waals surface area contributed by atoms with Crippen LogP contribution < -0.4 is 10.1 Å². The average molecular weight is 409 g/mol. The van der Waals surface area contributed by atoms with E-state index >= 15 is 0 Å². The van der Waals surface area contributed by atoms with Gasteiger partial charge in [0.1, 0.15) is 11.6 Å². The summed E-state index contributed by atoms with van der Waals surface area (Å²) in [5.41, 5.74) is 0.638. The highest BCUT2D eigenvalue weighted by Crippen LogP contribution is 2.30. The molecule has 1 amide bonds. The van der Waals surface area contributed by atoms with Gasteiger partial charge >= 0.3 is 0 Å². The number of ether oxygens (including phenoxy) is 1. The average Bonchev–Trinajstić information content (AvgIpc) is 3.41. The number of carbonyl (C=O) groups excluding carboxylic acids is 1. The van der Waals surface area contributed by atoms with Crippen LogP contribution >= 0.6 is 11.8 Å². The maximum absolute atomic E-state index is 12.4. The van der Waals surface area contributed by atoms with Crippen molar-refractivity contribution in [2.24, 2.45) is 5.92 Å². The number of hydrogen-bond donors (Lipinski definition) is 2. The van der Waals surface area contributed by atoms with Crippen molar-refractivity contribution in [3.63, 3.8) is 0 Å². The van der Waals surface area contributed by atoms with Crippen LogP contribution in [-0.2, 0) is 11.2 Å². The van der Waals surface area contributed by atoms with Crippen LogP contribution in [0.15, 0.2) is 59.8 Å². The summed E-state index contributed by atoms with van der Waals surface area (Å²) in [4.78, 5) is 16.9. The first-order chi connectivity index (χ1) is 14.3. The van der Waals surface area contributed by atoms with Gasteiger partial charge in [-0.15, -0.1) is 5.10 Å². The van der Waals surface area contributed by atoms with Crippen LogP contribution in [0, 0.1) is 5.92 Å². The molecule has 0 radical (unpaired) electrons. The Balaban J connectivity index is 1.30. The summed E-state index contributed by atoms with van der Waals surface area (Å²) in [6.07, 6.45) is 6.13. The number of anilines is 1. The van der Waals surface area contributed by atoms with E-state index in [1.54, 1.807) is 0 Å². The summed E-state index contributed by atoms with van der Waals surface area (Å²) in [5.74, 6) is 3.07. The molecular weight excluding hydrogens is 384 g/mol. The van der Waals surface area contributed by atoms with Gasteiger partial charge in [-0.25, -0.2) is 4.98 Å². The van der Waals surface area contributed by atoms with E-state index in [2.05, 4.69) is 20.5 Å². The fraction of sp³-hybridized carbons (Fsp3) is 0.318. The molecule has 0 saturated heterocycles. The predicted octanol–water partition coefficient (Wildman–Crippen LogP) is 5.06. The topological polar surface area (TPSA) is 79.9 Å². The monoisotopic (exact) mass is 408 g/mol. The van der Waals surface area contributed by atoms with Gasteiger partial charge in [0.15, 0.2) is 5.75 Å². The van der Waals surface area contributed by atoms with Crippen molar-refractivity contribution < 1.29 is 9.53 Å². The van der Waals surface area contributed by atoms with Crippen molar-refractivity contribution in [2.45, 2.75) is 37.3 Å². The van der Waals surface area contributed by atoms with Crippen LogP contribution in [0.4, 0.5) is 5.69 Å². The number of amides is 1. The molecule has 7 heteroatoms. The summed E-state index contributed by atoms with van der Waals surface area (Å²) >= 11 is 1.33. The Hall–Kier alpha value is -2.80. The summed E-state index contributed by atoms with van der Waals surface area (Å²) in [7, 11) is 0. The Morgan fingerprint density at radius 3 is 2.69 bits per heavy atom. The number of para-hydroxylation sites is 3. The first kappa shape index (κ1) is 19.5. The van der Waals surface area contributed by atoms with Crippen LogP contribution in [0.1, 0.15) is 31.5 Å². The van der Waals surface area contributed by atoms with Crippen molar-refractivity contribution in [3.05, 3.63) is 60.4 Å². The zero-order chi connectivity index (χ0) is 19.9. The lowest BCUT2D eigenvalue weighted by atomic mass is 10.0. The maximum atomic E-state index is 12.4. The molecule has 29 heavy (non-hydrogen) atoms. The molecule has 0 bridgehead atoms. The third kappa shape index (κ3) is 5.60. The normalized spacial score (nSPS) is 14.1. The molecule has 1 heterocycles. The Kier molecular flexibility index (Phi) is 6.46. The highest BCUT2D eigenvalue weighted by molar-refractivity contribution is 7.99. The van der Waals surface area contributed by atoms with E-state index in [0.717, 1.165) is 18.0 Å². The Morgan fingerprint density at radius 1 is 1.10 bits per heavy atom. The van der Waals surface area contributed by atoms with Crippen LogP contribution in [0.25, 0.3) is 0 Å². The molecule has 2 aromatic carbocycles. The van der Waals surface area contributed by atoms with Gasteiger partial charge in [-0.3, -0.25) is 9.89 Å². The van der Waals surface area contributed by atoms with E-state index < -0.39 is 0 Å². The van der Waals surface area contributed by atoms with E-state index in [-0.39, 0.29) is 11.7 Å². The van der Waals surface area contributed by atoms with Gasteiger partial charge in [0.05, 0.1) is 11.4 Å². The highest BCUT2D eigenvalue weighted by Gasteiger charge is 2.18. The molecule has 1 aromatic heterocycles. The molecule has 0 atom stereocenters. The molecule has 3 aromatic rings. The lowest BCUT2D eigenvalue weighted by molar-refractivity contribution is -0.113. The molecule has 2 N–H and O–H groups in total. The van der Waals surface area contributed by atoms with Gasteiger partial charge in [-0.1, -0.05) is 67.8 Å². The van der Waals surface area contributed by atoms with Crippen LogP contribution in [0.3, 0.4) is 0 Å². The molecule has 1 fully saturated rings. The van der Waals surface area contributed by atoms with Crippen molar-refractivity contribution in [3.8, 4) is 11.5 Å². The fourth-order valence-electron chi connectivity index (χ4n) is 3.51. The van der Waals surface area contributed by atoms with Crippen molar-refractivity contribution >= 4 is 23.4 Å². The number of nitrogens with one attached hydrogen (secondary N) is 2. The first-order valence-corrected chi connectivity index (χ1v) is 10.9. The van der Waals surface area contributed by atoms with Crippen LogP contribution in [-0.4, -0.2) is 26.8 Å². The largest absolute Gasteiger partial charge is 0.455 e. The molecule has 4 rings (SSSR count). The van der Waals surface area contributed by atoms with Gasteiger partial charge in [-0.05, 0) is 30.2 Å². The summed E-state index contributed by atoms with van der Waals surface area (Å²) in [5, 5.41) is 10.8. The third-order valence-corrected chi connectivity index (χ3v) is 5.78. The third-order valence-electron chi connectivity index (χ3n) is 4.93. The fourth-order valence-corrected chi connectivity index (χ4v) is 4.13. The number of aromatic amines is 1. The van der Waals surface area contributed by atoms with E-state index in [1.165, 1.54) is 37.4 Å². The zero-order valence-corrected chi connectivity index (χ0v) is 17.0. The van der Waals surface area contributed by atoms with E-state index in [4.69, 9.17) is 4.74 Å². The Bertz CT molecular complexity index is 939. The second kappa shape index (κ2) is 9.60. The summed E-state index contributed by atoms with van der Waals surface area (Å²) in [6.45, 7) is 0. The number of rotatable bonds is 8. The van der Waals surface area contributed by atoms with Gasteiger partial charge in [-0.2, -0.15) is 0 Å². The first-order valence-electron chi connectivity index (χ1n) is 9.92. The summed E-state index contributed by atoms with van der Waals surface area (Å²) in [6, 6.07) is 16.9. The van der Waals surface area contributed by atoms with Crippen molar-refractivity contribution in [1.82, 2.24) is 15.2 Å². The molecule has 1 aliphatic carbocycles. The molecule has 1 saturated carbocycles. The molecule has 150 valence electrons. The number of hydrogen-bond acceptors (Lipinski definition) is 5. The van der Waals surface area contributed by atoms with Gasteiger partial charge in [0.25, 0.3) is 0 Å². The molecule has 0 unspecified atom stereocenters. The standard InChI is InChI=1S/C22H24N4O2S/c27-21(15-29-22-24-20(25-26-22)14-16-8-4-5-9-16)23-18-12-6-7-13-19(18)28-17-10-2-1-3-11-17/h1-3,6-7,10-13,16H,4-5,8-9,14-15H2,(H,23,27)(H,24,25,26). The lowest BCUT2D eigenvalue weighted by Gasteiger charge is -2.11. The van der Waals surface area contributed by atoms with Crippen LogP contribution in [0.2, 0.25) is 0 Å². The maximum Gasteiger partial charge on any atom is 0.234 e. The minimum atomic E-state index is -0.124. The van der Waals surface area contributed by atoms with E-state index in [1.807, 2.05) is 54.6 Å². The molecule has 0 spiro atoms. The van der Waals surface area contributed by atoms with Gasteiger partial charge in [0.2, 0.25) is 11.1 Å².